The van der Waals surface area contributed by atoms with Crippen LogP contribution >= 0.6 is 11.6 Å². The Hall–Kier alpha value is -2.73. The minimum atomic E-state index is -1.01. The highest BCUT2D eigenvalue weighted by molar-refractivity contribution is 6.32. The molecule has 0 fully saturated rings. The summed E-state index contributed by atoms with van der Waals surface area (Å²) in [5.74, 6) is -1.01. The number of carboxylic acid groups (broad SMARTS) is 1. The minimum absolute atomic E-state index is 0.0594. The number of nitro groups is 1. The normalized spacial score (nSPS) is 10.8. The van der Waals surface area contributed by atoms with Gasteiger partial charge in [-0.1, -0.05) is 17.7 Å². The van der Waals surface area contributed by atoms with E-state index < -0.39 is 10.9 Å². The van der Waals surface area contributed by atoms with Crippen LogP contribution in [0.1, 0.15) is 21.5 Å². The van der Waals surface area contributed by atoms with E-state index in [1.54, 1.807) is 19.1 Å². The van der Waals surface area contributed by atoms with Crippen molar-refractivity contribution in [2.75, 3.05) is 0 Å². The van der Waals surface area contributed by atoms with Crippen LogP contribution in [0.2, 0.25) is 5.02 Å². The van der Waals surface area contributed by atoms with Gasteiger partial charge < -0.3 is 5.11 Å². The number of benzene rings is 2. The SMILES string of the molecule is Cc1cc(C(=O)O)ccc1N=Cc1ccc(Cl)c([N+](=O)[O-])c1. The molecular weight excluding hydrogens is 308 g/mol. The first-order valence-electron chi connectivity index (χ1n) is 6.20. The molecule has 0 aliphatic heterocycles. The van der Waals surface area contributed by atoms with Crippen LogP contribution in [0.4, 0.5) is 11.4 Å². The second-order valence-electron chi connectivity index (χ2n) is 4.53. The van der Waals surface area contributed by atoms with Gasteiger partial charge in [-0.15, -0.1) is 0 Å². The van der Waals surface area contributed by atoms with Crippen LogP contribution in [-0.2, 0) is 0 Å². The molecule has 2 aromatic carbocycles. The lowest BCUT2D eigenvalue weighted by Gasteiger charge is -2.02. The zero-order chi connectivity index (χ0) is 16.3. The molecule has 0 atom stereocenters. The molecule has 0 heterocycles. The van der Waals surface area contributed by atoms with E-state index in [-0.39, 0.29) is 16.3 Å². The summed E-state index contributed by atoms with van der Waals surface area (Å²) in [6.45, 7) is 1.74. The molecule has 0 aliphatic rings. The number of nitro benzene ring substituents is 1. The maximum absolute atomic E-state index is 10.9. The summed E-state index contributed by atoms with van der Waals surface area (Å²) in [6, 6.07) is 8.92. The number of hydrogen-bond acceptors (Lipinski definition) is 4. The molecule has 0 radical (unpaired) electrons. The molecule has 0 saturated carbocycles. The Balaban J connectivity index is 2.31. The third-order valence-corrected chi connectivity index (χ3v) is 3.28. The second-order valence-corrected chi connectivity index (χ2v) is 4.94. The van der Waals surface area contributed by atoms with E-state index in [1.807, 2.05) is 0 Å². The molecule has 0 amide bonds. The number of halogens is 1. The first-order valence-corrected chi connectivity index (χ1v) is 6.58. The number of carboxylic acids is 1. The van der Waals surface area contributed by atoms with Gasteiger partial charge >= 0.3 is 5.97 Å². The lowest BCUT2D eigenvalue weighted by Crippen LogP contribution is -1.96. The van der Waals surface area contributed by atoms with E-state index in [0.29, 0.717) is 16.8 Å². The number of aryl methyl sites for hydroxylation is 1. The van der Waals surface area contributed by atoms with Crippen molar-refractivity contribution < 1.29 is 14.8 Å². The van der Waals surface area contributed by atoms with Gasteiger partial charge in [0.05, 0.1) is 16.2 Å². The van der Waals surface area contributed by atoms with Crippen molar-refractivity contribution in [3.63, 3.8) is 0 Å². The third kappa shape index (κ3) is 3.48. The fourth-order valence-electron chi connectivity index (χ4n) is 1.83. The standard InChI is InChI=1S/C15H11ClN2O4/c1-9-6-11(15(19)20)3-5-13(9)17-8-10-2-4-12(16)14(7-10)18(21)22/h2-8H,1H3,(H,19,20). The Morgan fingerprint density at radius 2 is 2.05 bits per heavy atom. The van der Waals surface area contributed by atoms with Gasteiger partial charge in [0.2, 0.25) is 0 Å². The Morgan fingerprint density at radius 1 is 1.32 bits per heavy atom. The first-order chi connectivity index (χ1) is 10.4. The predicted molar refractivity (Wildman–Crippen MR) is 83.5 cm³/mol. The molecule has 1 N–H and O–H groups in total. The Bertz CT molecular complexity index is 787. The van der Waals surface area contributed by atoms with Crippen LogP contribution in [0.25, 0.3) is 0 Å². The molecule has 0 aliphatic carbocycles. The van der Waals surface area contributed by atoms with Crippen molar-refractivity contribution in [1.82, 2.24) is 0 Å². The van der Waals surface area contributed by atoms with Gasteiger partial charge in [0.15, 0.2) is 0 Å². The average Bonchev–Trinajstić information content (AvgIpc) is 2.46. The van der Waals surface area contributed by atoms with Crippen LogP contribution in [0.3, 0.4) is 0 Å². The Morgan fingerprint density at radius 3 is 2.64 bits per heavy atom. The van der Waals surface area contributed by atoms with E-state index in [4.69, 9.17) is 16.7 Å². The van der Waals surface area contributed by atoms with Crippen molar-refractivity contribution in [3.8, 4) is 0 Å². The van der Waals surface area contributed by atoms with Gasteiger partial charge in [0.25, 0.3) is 5.69 Å². The molecule has 0 bridgehead atoms. The Kier molecular flexibility index (Phi) is 4.53. The highest BCUT2D eigenvalue weighted by atomic mass is 35.5. The van der Waals surface area contributed by atoms with Crippen molar-refractivity contribution in [2.24, 2.45) is 4.99 Å². The molecule has 7 heteroatoms. The van der Waals surface area contributed by atoms with Crippen molar-refractivity contribution in [1.29, 1.82) is 0 Å². The smallest absolute Gasteiger partial charge is 0.335 e. The number of nitrogens with zero attached hydrogens (tertiary/aromatic N) is 2. The van der Waals surface area contributed by atoms with E-state index >= 15 is 0 Å². The molecule has 0 aromatic heterocycles. The fourth-order valence-corrected chi connectivity index (χ4v) is 2.01. The van der Waals surface area contributed by atoms with Gasteiger partial charge in [-0.25, -0.2) is 4.79 Å². The lowest BCUT2D eigenvalue weighted by molar-refractivity contribution is -0.384. The molecule has 0 saturated heterocycles. The van der Waals surface area contributed by atoms with Crippen LogP contribution in [0.5, 0.6) is 0 Å². The van der Waals surface area contributed by atoms with Crippen LogP contribution in [0, 0.1) is 17.0 Å². The molecular formula is C15H11ClN2O4. The topological polar surface area (TPSA) is 92.8 Å². The molecule has 2 aromatic rings. The largest absolute Gasteiger partial charge is 0.478 e. The third-order valence-electron chi connectivity index (χ3n) is 2.96. The average molecular weight is 319 g/mol. The summed E-state index contributed by atoms with van der Waals surface area (Å²) in [7, 11) is 0. The number of rotatable bonds is 4. The van der Waals surface area contributed by atoms with Gasteiger partial charge in [0, 0.05) is 12.3 Å². The van der Waals surface area contributed by atoms with Gasteiger partial charge in [-0.05, 0) is 42.3 Å². The second kappa shape index (κ2) is 6.36. The van der Waals surface area contributed by atoms with E-state index in [1.165, 1.54) is 30.5 Å². The van der Waals surface area contributed by atoms with Gasteiger partial charge in [0.1, 0.15) is 5.02 Å². The zero-order valence-corrected chi connectivity index (χ0v) is 12.2. The fraction of sp³-hybridized carbons (Fsp3) is 0.0667. The monoisotopic (exact) mass is 318 g/mol. The summed E-state index contributed by atoms with van der Waals surface area (Å²) in [5, 5.41) is 19.8. The number of aromatic carboxylic acids is 1. The van der Waals surface area contributed by atoms with Gasteiger partial charge in [-0.3, -0.25) is 15.1 Å². The van der Waals surface area contributed by atoms with Crippen LogP contribution in [0.15, 0.2) is 41.4 Å². The van der Waals surface area contributed by atoms with Crippen LogP contribution in [-0.4, -0.2) is 22.2 Å². The molecule has 2 rings (SSSR count). The maximum atomic E-state index is 10.9. The number of carbonyl (C=O) groups is 1. The zero-order valence-electron chi connectivity index (χ0n) is 11.5. The van der Waals surface area contributed by atoms with Crippen LogP contribution < -0.4 is 0 Å². The molecule has 0 unspecified atom stereocenters. The molecule has 22 heavy (non-hydrogen) atoms. The predicted octanol–water partition coefficient (Wildman–Crippen LogP) is 4.01. The maximum Gasteiger partial charge on any atom is 0.335 e. The highest BCUT2D eigenvalue weighted by Gasteiger charge is 2.12. The van der Waals surface area contributed by atoms with E-state index in [0.717, 1.165) is 0 Å². The highest BCUT2D eigenvalue weighted by Crippen LogP contribution is 2.25. The van der Waals surface area contributed by atoms with Crippen molar-refractivity contribution in [2.45, 2.75) is 6.92 Å². The summed E-state index contributed by atoms with van der Waals surface area (Å²) in [5.41, 5.74) is 1.79. The summed E-state index contributed by atoms with van der Waals surface area (Å²) >= 11 is 5.74. The quantitative estimate of drug-likeness (QED) is 0.523. The molecule has 112 valence electrons. The molecule has 0 spiro atoms. The van der Waals surface area contributed by atoms with E-state index in [9.17, 15) is 14.9 Å². The Labute approximate surface area is 130 Å². The van der Waals surface area contributed by atoms with Gasteiger partial charge in [-0.2, -0.15) is 0 Å². The summed E-state index contributed by atoms with van der Waals surface area (Å²) in [4.78, 5) is 25.3. The first kappa shape index (κ1) is 15.7. The van der Waals surface area contributed by atoms with Crippen molar-refractivity contribution in [3.05, 3.63) is 68.2 Å². The molecule has 6 nitrogen and oxygen atoms in total. The summed E-state index contributed by atoms with van der Waals surface area (Å²) < 4.78 is 0. The number of hydrogen-bond donors (Lipinski definition) is 1. The minimum Gasteiger partial charge on any atom is -0.478 e. The number of aliphatic imine (C=N–C) groups is 1. The van der Waals surface area contributed by atoms with Crippen molar-refractivity contribution >= 4 is 35.2 Å². The van der Waals surface area contributed by atoms with E-state index in [2.05, 4.69) is 4.99 Å². The summed E-state index contributed by atoms with van der Waals surface area (Å²) in [6.07, 6.45) is 1.46. The lowest BCUT2D eigenvalue weighted by atomic mass is 10.1.